The van der Waals surface area contributed by atoms with E-state index < -0.39 is 0 Å². The molecule has 0 bridgehead atoms. The Morgan fingerprint density at radius 3 is 2.48 bits per heavy atom. The van der Waals surface area contributed by atoms with E-state index in [1.165, 1.54) is 7.11 Å². The molecular formula is C17H24N2O3Se. The van der Waals surface area contributed by atoms with Gasteiger partial charge in [-0.25, -0.2) is 0 Å². The Balaban J connectivity index is 2.68. The second-order valence-electron chi connectivity index (χ2n) is 6.94. The van der Waals surface area contributed by atoms with Crippen molar-refractivity contribution in [1.82, 2.24) is 8.46 Å². The van der Waals surface area contributed by atoms with Crippen molar-refractivity contribution in [1.29, 1.82) is 0 Å². The van der Waals surface area contributed by atoms with Gasteiger partial charge in [-0.3, -0.25) is 0 Å². The summed E-state index contributed by atoms with van der Waals surface area (Å²) in [4.78, 5) is 27.0. The predicted molar refractivity (Wildman–Crippen MR) is 93.7 cm³/mol. The average molecular weight is 383 g/mol. The van der Waals surface area contributed by atoms with Crippen molar-refractivity contribution in [2.75, 3.05) is 27.7 Å². The van der Waals surface area contributed by atoms with Gasteiger partial charge in [-0.15, -0.1) is 0 Å². The van der Waals surface area contributed by atoms with Crippen molar-refractivity contribution >= 4 is 30.3 Å². The molecule has 0 atom stereocenters. The number of likely N-dealkylation sites (N-methyl/N-ethyl adjacent to an activating group) is 1. The van der Waals surface area contributed by atoms with Crippen LogP contribution in [0, 0.1) is 0 Å². The molecule has 0 saturated carbocycles. The topological polar surface area (TPSA) is 51.5 Å². The van der Waals surface area contributed by atoms with Gasteiger partial charge in [0.05, 0.1) is 0 Å². The molecule has 1 heterocycles. The summed E-state index contributed by atoms with van der Waals surface area (Å²) >= 11 is -0.178. The number of esters is 1. The molecule has 1 aromatic carbocycles. The van der Waals surface area contributed by atoms with Gasteiger partial charge in [-0.2, -0.15) is 0 Å². The number of ether oxygens (including phenoxy) is 1. The van der Waals surface area contributed by atoms with Crippen LogP contribution in [0.5, 0.6) is 0 Å². The van der Waals surface area contributed by atoms with Crippen LogP contribution in [0.4, 0.5) is 0 Å². The summed E-state index contributed by atoms with van der Waals surface area (Å²) in [5.41, 5.74) is 1.41. The van der Waals surface area contributed by atoms with E-state index in [2.05, 4.69) is 20.8 Å². The number of carbonyl (C=O) groups is 1. The van der Waals surface area contributed by atoms with Gasteiger partial charge in [0.15, 0.2) is 0 Å². The quantitative estimate of drug-likeness (QED) is 0.596. The number of benzene rings is 1. The zero-order valence-electron chi connectivity index (χ0n) is 14.6. The van der Waals surface area contributed by atoms with Gasteiger partial charge in [-0.1, -0.05) is 0 Å². The minimum atomic E-state index is -0.364. The number of methoxy groups -OCH3 is 1. The second kappa shape index (κ2) is 6.63. The van der Waals surface area contributed by atoms with Gasteiger partial charge < -0.3 is 0 Å². The van der Waals surface area contributed by atoms with Crippen LogP contribution < -0.4 is 5.56 Å². The third-order valence-electron chi connectivity index (χ3n) is 3.77. The molecule has 5 nitrogen and oxygen atoms in total. The van der Waals surface area contributed by atoms with Gasteiger partial charge >= 0.3 is 142 Å². The Morgan fingerprint density at radius 2 is 1.96 bits per heavy atom. The summed E-state index contributed by atoms with van der Waals surface area (Å²) in [7, 11) is 5.35. The molecule has 0 unspecified atom stereocenters. The third kappa shape index (κ3) is 3.77. The molecule has 0 aliphatic heterocycles. The molecule has 0 radical (unpaired) electrons. The molecule has 0 fully saturated rings. The Kier molecular flexibility index (Phi) is 5.19. The van der Waals surface area contributed by atoms with Crippen LogP contribution in [0.2, 0.25) is 0 Å². The van der Waals surface area contributed by atoms with Gasteiger partial charge in [0.25, 0.3) is 0 Å². The molecule has 0 N–H and O–H groups in total. The van der Waals surface area contributed by atoms with Crippen LogP contribution in [0.25, 0.3) is 9.65 Å². The summed E-state index contributed by atoms with van der Waals surface area (Å²) in [5, 5.41) is 0.664. The molecule has 0 aliphatic rings. The molecule has 126 valence electrons. The van der Waals surface area contributed by atoms with Crippen molar-refractivity contribution in [3.63, 3.8) is 0 Å². The van der Waals surface area contributed by atoms with Crippen molar-refractivity contribution in [2.24, 2.45) is 0 Å². The first-order valence-corrected chi connectivity index (χ1v) is 9.19. The molecular weight excluding hydrogens is 359 g/mol. The number of hydrogen-bond donors (Lipinski definition) is 0. The summed E-state index contributed by atoms with van der Waals surface area (Å²) in [6.07, 6.45) is 0. The summed E-state index contributed by atoms with van der Waals surface area (Å²) in [6, 6.07) is 3.83. The fourth-order valence-electron chi connectivity index (χ4n) is 2.30. The van der Waals surface area contributed by atoms with E-state index in [1.807, 2.05) is 34.7 Å². The molecule has 23 heavy (non-hydrogen) atoms. The number of rotatable bonds is 4. The SMILES string of the molecule is COC(=O)c1cc(C(C)(C)C)cc2c(=O)n(CCN(C)C)[se]c12. The van der Waals surface area contributed by atoms with Crippen molar-refractivity contribution in [3.8, 4) is 0 Å². The van der Waals surface area contributed by atoms with E-state index in [1.54, 1.807) is 0 Å². The van der Waals surface area contributed by atoms with E-state index in [-0.39, 0.29) is 31.7 Å². The van der Waals surface area contributed by atoms with E-state index in [0.29, 0.717) is 17.5 Å². The monoisotopic (exact) mass is 384 g/mol. The third-order valence-corrected chi connectivity index (χ3v) is 6.27. The molecule has 0 saturated heterocycles. The Bertz CT molecular complexity index is 781. The van der Waals surface area contributed by atoms with Crippen LogP contribution in [0.3, 0.4) is 0 Å². The first kappa shape index (κ1) is 18.0. The molecule has 2 aromatic rings. The standard InChI is InChI=1S/C17H24N2O3Se/c1-17(2,3)11-9-12-14(13(10-11)16(21)22-6)23-19(15(12)20)8-7-18(4)5/h9-10H,7-8H2,1-6H3. The second-order valence-corrected chi connectivity index (χ2v) is 9.11. The Hall–Kier alpha value is -1.36. The van der Waals surface area contributed by atoms with Crippen LogP contribution >= 0.6 is 0 Å². The fourth-order valence-corrected chi connectivity index (χ4v) is 4.53. The van der Waals surface area contributed by atoms with Crippen molar-refractivity contribution in [2.45, 2.75) is 32.7 Å². The number of hydrogen-bond acceptors (Lipinski definition) is 4. The number of carbonyl (C=O) groups excluding carboxylic acids is 1. The first-order valence-electron chi connectivity index (χ1n) is 7.56. The zero-order valence-corrected chi connectivity index (χ0v) is 16.3. The van der Waals surface area contributed by atoms with E-state index in [4.69, 9.17) is 4.74 Å². The molecule has 0 aliphatic carbocycles. The number of nitrogens with zero attached hydrogens (tertiary/aromatic N) is 2. The van der Waals surface area contributed by atoms with E-state index in [0.717, 1.165) is 16.4 Å². The predicted octanol–water partition coefficient (Wildman–Crippen LogP) is 1.70. The molecule has 0 amide bonds. The van der Waals surface area contributed by atoms with Crippen LogP contribution in [-0.2, 0) is 16.7 Å². The maximum absolute atomic E-state index is 12.7. The average Bonchev–Trinajstić information content (AvgIpc) is 2.79. The zero-order chi connectivity index (χ0) is 17.4. The number of aromatic nitrogens is 1. The van der Waals surface area contributed by atoms with Gasteiger partial charge in [0, 0.05) is 0 Å². The summed E-state index contributed by atoms with van der Waals surface area (Å²) in [5.74, 6) is -0.364. The van der Waals surface area contributed by atoms with Crippen molar-refractivity contribution < 1.29 is 9.53 Å². The molecule has 6 heteroatoms. The minimum absolute atomic E-state index is 0.0260. The van der Waals surface area contributed by atoms with Crippen molar-refractivity contribution in [3.05, 3.63) is 33.6 Å². The first-order chi connectivity index (χ1) is 10.6. The normalized spacial score (nSPS) is 12.1. The van der Waals surface area contributed by atoms with Gasteiger partial charge in [0.2, 0.25) is 0 Å². The molecule has 0 spiro atoms. The molecule has 1 aromatic heterocycles. The fraction of sp³-hybridized carbons (Fsp3) is 0.529. The summed E-state index contributed by atoms with van der Waals surface area (Å²) in [6.45, 7) is 7.70. The molecule has 2 rings (SSSR count). The summed E-state index contributed by atoms with van der Waals surface area (Å²) < 4.78 is 7.64. The van der Waals surface area contributed by atoms with Gasteiger partial charge in [0.1, 0.15) is 0 Å². The van der Waals surface area contributed by atoms with Crippen LogP contribution in [0.15, 0.2) is 16.9 Å². The van der Waals surface area contributed by atoms with Gasteiger partial charge in [-0.05, 0) is 0 Å². The van der Waals surface area contributed by atoms with Crippen LogP contribution in [0.1, 0.15) is 36.7 Å². The van der Waals surface area contributed by atoms with Crippen LogP contribution in [-0.4, -0.2) is 56.9 Å². The maximum atomic E-state index is 12.7. The Morgan fingerprint density at radius 1 is 1.30 bits per heavy atom. The van der Waals surface area contributed by atoms with E-state index in [9.17, 15) is 9.59 Å². The van der Waals surface area contributed by atoms with E-state index >= 15 is 0 Å². The Labute approximate surface area is 142 Å². The number of fused-ring (bicyclic) bond motifs is 1.